The lowest BCUT2D eigenvalue weighted by Gasteiger charge is -2.10. The predicted octanol–water partition coefficient (Wildman–Crippen LogP) is 1.96. The average molecular weight is 348 g/mol. The van der Waals surface area contributed by atoms with Gasteiger partial charge in [0, 0.05) is 12.7 Å². The van der Waals surface area contributed by atoms with Crippen molar-refractivity contribution in [3.8, 4) is 6.07 Å². The van der Waals surface area contributed by atoms with Crippen LogP contribution in [0.5, 0.6) is 0 Å². The van der Waals surface area contributed by atoms with Gasteiger partial charge in [-0.3, -0.25) is 4.79 Å². The van der Waals surface area contributed by atoms with Gasteiger partial charge in [-0.25, -0.2) is 17.5 Å². The Kier molecular flexibility index (Phi) is 5.28. The highest BCUT2D eigenvalue weighted by molar-refractivity contribution is 7.90. The maximum absolute atomic E-state index is 13.3. The first-order valence-electron chi connectivity index (χ1n) is 6.72. The summed E-state index contributed by atoms with van der Waals surface area (Å²) in [6.45, 7) is 0.138. The van der Waals surface area contributed by atoms with Crippen LogP contribution in [0.2, 0.25) is 0 Å². The van der Waals surface area contributed by atoms with Gasteiger partial charge in [0.15, 0.2) is 0 Å². The molecule has 2 aromatic carbocycles. The number of amides is 1. The van der Waals surface area contributed by atoms with E-state index in [4.69, 9.17) is 10.00 Å². The molecular weight excluding hydrogens is 335 g/mol. The number of carbonyl (C=O) groups is 1. The van der Waals surface area contributed by atoms with E-state index in [2.05, 4.69) is 0 Å². The normalized spacial score (nSPS) is 10.9. The Bertz CT molecular complexity index is 920. The molecule has 2 rings (SSSR count). The van der Waals surface area contributed by atoms with Gasteiger partial charge in [0.2, 0.25) is 0 Å². The molecule has 0 radical (unpaired) electrons. The summed E-state index contributed by atoms with van der Waals surface area (Å²) in [6.07, 6.45) is 0. The summed E-state index contributed by atoms with van der Waals surface area (Å²) in [7, 11) is -2.80. The molecule has 1 N–H and O–H groups in total. The third-order valence-corrected chi connectivity index (χ3v) is 4.49. The van der Waals surface area contributed by atoms with Crippen molar-refractivity contribution in [3.05, 3.63) is 65.0 Å². The summed E-state index contributed by atoms with van der Waals surface area (Å²) >= 11 is 0. The van der Waals surface area contributed by atoms with Gasteiger partial charge in [-0.1, -0.05) is 18.2 Å². The molecule has 2 aromatic rings. The van der Waals surface area contributed by atoms with Gasteiger partial charge in [0.1, 0.15) is 11.9 Å². The van der Waals surface area contributed by atoms with Crippen molar-refractivity contribution >= 4 is 15.9 Å². The number of hydrogen-bond donors (Lipinski definition) is 1. The number of nitriles is 1. The number of halogens is 1. The highest BCUT2D eigenvalue weighted by Crippen LogP contribution is 2.16. The fourth-order valence-electron chi connectivity index (χ4n) is 2.02. The van der Waals surface area contributed by atoms with Crippen molar-refractivity contribution in [3.63, 3.8) is 0 Å². The molecule has 0 aromatic heterocycles. The van der Waals surface area contributed by atoms with Crippen LogP contribution in [0.15, 0.2) is 47.4 Å². The molecule has 24 heavy (non-hydrogen) atoms. The maximum atomic E-state index is 13.3. The Hall–Kier alpha value is -2.76. The van der Waals surface area contributed by atoms with E-state index in [1.807, 2.05) is 4.72 Å². The minimum absolute atomic E-state index is 0.138. The minimum Gasteiger partial charge on any atom is -0.380 e. The zero-order valence-corrected chi connectivity index (χ0v) is 13.4. The third kappa shape index (κ3) is 3.76. The Morgan fingerprint density at radius 1 is 1.29 bits per heavy atom. The maximum Gasteiger partial charge on any atom is 0.265 e. The molecule has 0 heterocycles. The largest absolute Gasteiger partial charge is 0.380 e. The Labute approximate surface area is 138 Å². The number of rotatable bonds is 5. The zero-order chi connectivity index (χ0) is 17.7. The summed E-state index contributed by atoms with van der Waals surface area (Å²) in [5.41, 5.74) is 0.236. The van der Waals surface area contributed by atoms with Crippen molar-refractivity contribution < 1.29 is 22.3 Å². The molecule has 0 aliphatic rings. The molecule has 6 nitrogen and oxygen atoms in total. The number of nitrogens with one attached hydrogen (secondary N) is 1. The van der Waals surface area contributed by atoms with Crippen LogP contribution in [0.4, 0.5) is 4.39 Å². The van der Waals surface area contributed by atoms with Crippen LogP contribution in [-0.2, 0) is 21.4 Å². The van der Waals surface area contributed by atoms with Gasteiger partial charge in [-0.15, -0.1) is 0 Å². The lowest BCUT2D eigenvalue weighted by Crippen LogP contribution is -2.31. The number of carbonyl (C=O) groups excluding carboxylic acids is 1. The third-order valence-electron chi connectivity index (χ3n) is 3.16. The SMILES string of the molecule is COCc1ccccc1C(=O)NS(=O)(=O)c1ccc(F)c(C#N)c1. The number of benzene rings is 2. The molecule has 0 fully saturated rings. The van der Waals surface area contributed by atoms with Crippen LogP contribution in [0.3, 0.4) is 0 Å². The van der Waals surface area contributed by atoms with Gasteiger partial charge in [-0.2, -0.15) is 5.26 Å². The van der Waals surface area contributed by atoms with E-state index in [9.17, 15) is 17.6 Å². The monoisotopic (exact) mass is 348 g/mol. The molecule has 1 amide bonds. The summed E-state index contributed by atoms with van der Waals surface area (Å²) in [5, 5.41) is 8.78. The van der Waals surface area contributed by atoms with Crippen LogP contribution in [0.1, 0.15) is 21.5 Å². The van der Waals surface area contributed by atoms with E-state index < -0.39 is 27.3 Å². The smallest absolute Gasteiger partial charge is 0.265 e. The van der Waals surface area contributed by atoms with Gasteiger partial charge < -0.3 is 4.74 Å². The quantitative estimate of drug-likeness (QED) is 0.891. The van der Waals surface area contributed by atoms with E-state index in [0.29, 0.717) is 5.56 Å². The van der Waals surface area contributed by atoms with Gasteiger partial charge in [-0.05, 0) is 29.8 Å². The first-order valence-corrected chi connectivity index (χ1v) is 8.21. The Morgan fingerprint density at radius 3 is 2.67 bits per heavy atom. The lowest BCUT2D eigenvalue weighted by molar-refractivity contribution is 0.0976. The molecule has 0 unspecified atom stereocenters. The van der Waals surface area contributed by atoms with E-state index in [1.54, 1.807) is 24.3 Å². The van der Waals surface area contributed by atoms with Crippen LogP contribution < -0.4 is 4.72 Å². The second-order valence-electron chi connectivity index (χ2n) is 4.78. The summed E-state index contributed by atoms with van der Waals surface area (Å²) in [5.74, 6) is -1.68. The zero-order valence-electron chi connectivity index (χ0n) is 12.6. The van der Waals surface area contributed by atoms with Crippen LogP contribution >= 0.6 is 0 Å². The summed E-state index contributed by atoms with van der Waals surface area (Å²) < 4.78 is 44.7. The molecule has 0 saturated heterocycles. The number of hydrogen-bond acceptors (Lipinski definition) is 5. The molecule has 0 aliphatic heterocycles. The fraction of sp³-hybridized carbons (Fsp3) is 0.125. The van der Waals surface area contributed by atoms with Crippen LogP contribution in [0, 0.1) is 17.1 Å². The first-order chi connectivity index (χ1) is 11.4. The Balaban J connectivity index is 2.33. The van der Waals surface area contributed by atoms with E-state index >= 15 is 0 Å². The van der Waals surface area contributed by atoms with E-state index in [-0.39, 0.29) is 17.1 Å². The van der Waals surface area contributed by atoms with E-state index in [1.165, 1.54) is 13.2 Å². The fourth-order valence-corrected chi connectivity index (χ4v) is 3.01. The second kappa shape index (κ2) is 7.21. The van der Waals surface area contributed by atoms with E-state index in [0.717, 1.165) is 18.2 Å². The van der Waals surface area contributed by atoms with Crippen molar-refractivity contribution in [1.82, 2.24) is 4.72 Å². The lowest BCUT2D eigenvalue weighted by atomic mass is 10.1. The number of sulfonamides is 1. The van der Waals surface area contributed by atoms with Crippen molar-refractivity contribution in [1.29, 1.82) is 5.26 Å². The van der Waals surface area contributed by atoms with Crippen molar-refractivity contribution in [2.24, 2.45) is 0 Å². The average Bonchev–Trinajstić information content (AvgIpc) is 2.55. The Morgan fingerprint density at radius 2 is 2.00 bits per heavy atom. The minimum atomic E-state index is -4.25. The topological polar surface area (TPSA) is 96.3 Å². The predicted molar refractivity (Wildman–Crippen MR) is 82.9 cm³/mol. The van der Waals surface area contributed by atoms with Crippen LogP contribution in [-0.4, -0.2) is 21.4 Å². The summed E-state index contributed by atoms with van der Waals surface area (Å²) in [4.78, 5) is 11.9. The van der Waals surface area contributed by atoms with Gasteiger partial charge in [0.25, 0.3) is 15.9 Å². The molecule has 0 spiro atoms. The van der Waals surface area contributed by atoms with Gasteiger partial charge in [0.05, 0.1) is 17.1 Å². The van der Waals surface area contributed by atoms with Gasteiger partial charge >= 0.3 is 0 Å². The number of ether oxygens (including phenoxy) is 1. The highest BCUT2D eigenvalue weighted by Gasteiger charge is 2.21. The molecule has 0 aliphatic carbocycles. The first kappa shape index (κ1) is 17.6. The molecule has 124 valence electrons. The molecule has 8 heteroatoms. The van der Waals surface area contributed by atoms with Crippen LogP contribution in [0.25, 0.3) is 0 Å². The summed E-state index contributed by atoms with van der Waals surface area (Å²) in [6, 6.07) is 10.6. The van der Waals surface area contributed by atoms with Crippen molar-refractivity contribution in [2.75, 3.05) is 7.11 Å². The highest BCUT2D eigenvalue weighted by atomic mass is 32.2. The second-order valence-corrected chi connectivity index (χ2v) is 6.46. The molecule has 0 saturated carbocycles. The number of methoxy groups -OCH3 is 1. The number of nitrogens with zero attached hydrogens (tertiary/aromatic N) is 1. The van der Waals surface area contributed by atoms with Crippen molar-refractivity contribution in [2.45, 2.75) is 11.5 Å². The molecule has 0 atom stereocenters. The standard InChI is InChI=1S/C16H13FN2O4S/c1-23-10-11-4-2-3-5-14(11)16(20)19-24(21,22)13-6-7-15(17)12(8-13)9-18/h2-8H,10H2,1H3,(H,19,20). The molecular formula is C16H13FN2O4S. The molecule has 0 bridgehead atoms.